The lowest BCUT2D eigenvalue weighted by molar-refractivity contribution is -0.174. The van der Waals surface area contributed by atoms with Crippen LogP contribution in [-0.2, 0) is 4.79 Å². The number of imidazole rings is 1. The Morgan fingerprint density at radius 3 is 2.44 bits per heavy atom. The van der Waals surface area contributed by atoms with Gasteiger partial charge in [0, 0.05) is 25.3 Å². The van der Waals surface area contributed by atoms with Crippen LogP contribution in [0.25, 0.3) is 5.65 Å². The summed E-state index contributed by atoms with van der Waals surface area (Å²) in [4.78, 5) is 32.8. The largest absolute Gasteiger partial charge is 0.392 e. The van der Waals surface area contributed by atoms with Crippen molar-refractivity contribution in [1.82, 2.24) is 30.0 Å². The minimum Gasteiger partial charge on any atom is -0.364 e. The van der Waals surface area contributed by atoms with Gasteiger partial charge in [0.1, 0.15) is 6.26 Å². The number of hydrogen-bond donors (Lipinski definition) is 1. The lowest BCUT2D eigenvalue weighted by Crippen LogP contribution is -2.42. The average molecular weight is 609 g/mol. The Labute approximate surface area is 244 Å². The highest BCUT2D eigenvalue weighted by Gasteiger charge is 2.46. The SMILES string of the molecule is CC(CC(=O)N[C@@H](c1cnn2cc([C@H](C3CCC(F)(F)CC3)N(C(=O)c3cnoc3)C3CC3)nc2c1)C1CC1)C(F)(F)F. The van der Waals surface area contributed by atoms with Crippen molar-refractivity contribution in [3.8, 4) is 0 Å². The molecule has 9 nitrogen and oxygen atoms in total. The van der Waals surface area contributed by atoms with Crippen LogP contribution in [0.3, 0.4) is 0 Å². The summed E-state index contributed by atoms with van der Waals surface area (Å²) in [7, 11) is 0. The second-order valence-electron chi connectivity index (χ2n) is 12.3. The average Bonchev–Trinajstić information content (AvgIpc) is 3.87. The Bertz CT molecular complexity index is 1460. The fourth-order valence-electron chi connectivity index (χ4n) is 6.07. The van der Waals surface area contributed by atoms with Crippen molar-refractivity contribution in [3.05, 3.63) is 47.7 Å². The summed E-state index contributed by atoms with van der Waals surface area (Å²) in [5, 5.41) is 10.9. The summed E-state index contributed by atoms with van der Waals surface area (Å²) in [5.74, 6) is -5.70. The number of alkyl halides is 5. The highest BCUT2D eigenvalue weighted by atomic mass is 19.4. The van der Waals surface area contributed by atoms with Gasteiger partial charge in [0.05, 0.1) is 47.8 Å². The molecule has 3 aromatic rings. The van der Waals surface area contributed by atoms with Crippen LogP contribution in [-0.4, -0.2) is 54.6 Å². The molecule has 0 bridgehead atoms. The molecule has 2 amide bonds. The van der Waals surface area contributed by atoms with E-state index in [-0.39, 0.29) is 55.0 Å². The number of rotatable bonds is 10. The van der Waals surface area contributed by atoms with Crippen molar-refractivity contribution in [3.63, 3.8) is 0 Å². The van der Waals surface area contributed by atoms with Crippen molar-refractivity contribution in [1.29, 1.82) is 0 Å². The molecule has 0 aromatic carbocycles. The van der Waals surface area contributed by atoms with E-state index in [2.05, 4.69) is 15.6 Å². The third-order valence-electron chi connectivity index (χ3n) is 8.84. The maximum atomic E-state index is 14.2. The number of hydrogen-bond acceptors (Lipinski definition) is 6. The van der Waals surface area contributed by atoms with Gasteiger partial charge in [0.25, 0.3) is 5.91 Å². The number of aromatic nitrogens is 4. The Hall–Kier alpha value is -3.58. The van der Waals surface area contributed by atoms with E-state index < -0.39 is 42.4 Å². The first-order chi connectivity index (χ1) is 20.4. The highest BCUT2D eigenvalue weighted by Crippen LogP contribution is 2.47. The van der Waals surface area contributed by atoms with Gasteiger partial charge in [0.2, 0.25) is 11.8 Å². The van der Waals surface area contributed by atoms with E-state index in [0.29, 0.717) is 16.9 Å². The molecule has 3 heterocycles. The predicted octanol–water partition coefficient (Wildman–Crippen LogP) is 6.04. The van der Waals surface area contributed by atoms with Crippen LogP contribution in [0.5, 0.6) is 0 Å². The van der Waals surface area contributed by atoms with Crippen molar-refractivity contribution in [2.75, 3.05) is 0 Å². The molecule has 1 unspecified atom stereocenters. The summed E-state index contributed by atoms with van der Waals surface area (Å²) in [5.41, 5.74) is 1.83. The maximum Gasteiger partial charge on any atom is 0.392 e. The molecule has 3 saturated carbocycles. The molecule has 1 N–H and O–H groups in total. The van der Waals surface area contributed by atoms with Crippen LogP contribution in [0, 0.1) is 17.8 Å². The standard InChI is InChI=1S/C29H33F5N6O3/c1-16(29(32,33)34)10-24(41)38-25(17-2-3-17)19-11-23-37-22(14-39(23)35-12-19)26(18-6-8-28(30,31)9-7-18)40(21-4-5-21)27(42)20-13-36-43-15-20/h11-18,21,25-26H,2-10H2,1H3,(H,38,41)/t16?,25-,26+/m1/s1. The second-order valence-corrected chi connectivity index (χ2v) is 12.3. The summed E-state index contributed by atoms with van der Waals surface area (Å²) in [6, 6.07) is 0.568. The highest BCUT2D eigenvalue weighted by molar-refractivity contribution is 5.94. The van der Waals surface area contributed by atoms with Gasteiger partial charge in [0.15, 0.2) is 5.65 Å². The molecular weight excluding hydrogens is 575 g/mol. The van der Waals surface area contributed by atoms with E-state index in [4.69, 9.17) is 9.51 Å². The molecule has 3 fully saturated rings. The number of fused-ring (bicyclic) bond motifs is 1. The van der Waals surface area contributed by atoms with E-state index in [0.717, 1.165) is 32.6 Å². The smallest absolute Gasteiger partial charge is 0.364 e. The van der Waals surface area contributed by atoms with Crippen LogP contribution >= 0.6 is 0 Å². The number of amides is 2. The molecule has 14 heteroatoms. The fraction of sp³-hybridized carbons (Fsp3) is 0.621. The van der Waals surface area contributed by atoms with Crippen molar-refractivity contribution in [2.24, 2.45) is 17.8 Å². The third kappa shape index (κ3) is 6.52. The summed E-state index contributed by atoms with van der Waals surface area (Å²) >= 11 is 0. The van der Waals surface area contributed by atoms with Gasteiger partial charge in [-0.15, -0.1) is 0 Å². The maximum absolute atomic E-state index is 14.2. The first-order valence-corrected chi connectivity index (χ1v) is 14.7. The van der Waals surface area contributed by atoms with Crippen LogP contribution < -0.4 is 5.32 Å². The molecule has 3 atom stereocenters. The quantitative estimate of drug-likeness (QED) is 0.281. The van der Waals surface area contributed by atoms with Crippen molar-refractivity contribution >= 4 is 17.5 Å². The number of nitrogens with zero attached hydrogens (tertiary/aromatic N) is 5. The second kappa shape index (κ2) is 11.2. The van der Waals surface area contributed by atoms with Crippen molar-refractivity contribution < 1.29 is 36.1 Å². The molecule has 43 heavy (non-hydrogen) atoms. The normalized spacial score (nSPS) is 21.3. The van der Waals surface area contributed by atoms with Gasteiger partial charge < -0.3 is 14.7 Å². The van der Waals surface area contributed by atoms with E-state index in [1.54, 1.807) is 23.4 Å². The van der Waals surface area contributed by atoms with Crippen LogP contribution in [0.2, 0.25) is 0 Å². The van der Waals surface area contributed by atoms with Crippen molar-refractivity contribution in [2.45, 2.75) is 94.9 Å². The predicted molar refractivity (Wildman–Crippen MR) is 142 cm³/mol. The van der Waals surface area contributed by atoms with Crippen LogP contribution in [0.15, 0.2) is 35.4 Å². The zero-order valence-electron chi connectivity index (χ0n) is 23.6. The van der Waals surface area contributed by atoms with E-state index in [1.165, 1.54) is 17.0 Å². The zero-order chi connectivity index (χ0) is 30.5. The van der Waals surface area contributed by atoms with Gasteiger partial charge in [-0.25, -0.2) is 18.3 Å². The molecule has 0 spiro atoms. The third-order valence-corrected chi connectivity index (χ3v) is 8.84. The Morgan fingerprint density at radius 1 is 1.12 bits per heavy atom. The minimum atomic E-state index is -4.46. The topological polar surface area (TPSA) is 106 Å². The Morgan fingerprint density at radius 2 is 1.84 bits per heavy atom. The first kappa shape index (κ1) is 29.5. The monoisotopic (exact) mass is 608 g/mol. The van der Waals surface area contributed by atoms with E-state index in [1.807, 2.05) is 0 Å². The summed E-state index contributed by atoms with van der Waals surface area (Å²) in [6.07, 6.45) is 3.81. The summed E-state index contributed by atoms with van der Waals surface area (Å²) < 4.78 is 73.8. The minimum absolute atomic E-state index is 0.0725. The van der Waals surface area contributed by atoms with Crippen LogP contribution in [0.1, 0.15) is 98.4 Å². The molecule has 6 rings (SSSR count). The lowest BCUT2D eigenvalue weighted by Gasteiger charge is -2.39. The number of carbonyl (C=O) groups is 2. The molecule has 232 valence electrons. The molecule has 0 aliphatic heterocycles. The number of nitrogens with one attached hydrogen (secondary N) is 1. The molecule has 3 aromatic heterocycles. The molecule has 0 radical (unpaired) electrons. The fourth-order valence-corrected chi connectivity index (χ4v) is 6.07. The van der Waals surface area contributed by atoms with E-state index >= 15 is 0 Å². The molecule has 3 aliphatic rings. The zero-order valence-corrected chi connectivity index (χ0v) is 23.6. The van der Waals surface area contributed by atoms with Gasteiger partial charge in [-0.05, 0) is 62.0 Å². The Kier molecular flexibility index (Phi) is 7.66. The van der Waals surface area contributed by atoms with Gasteiger partial charge in [-0.2, -0.15) is 18.3 Å². The lowest BCUT2D eigenvalue weighted by atomic mass is 9.80. The van der Waals surface area contributed by atoms with Gasteiger partial charge >= 0.3 is 6.18 Å². The van der Waals surface area contributed by atoms with E-state index in [9.17, 15) is 31.5 Å². The molecular formula is C29H33F5N6O3. The first-order valence-electron chi connectivity index (χ1n) is 14.7. The number of halogens is 5. The van der Waals surface area contributed by atoms with Gasteiger partial charge in [-0.1, -0.05) is 12.1 Å². The summed E-state index contributed by atoms with van der Waals surface area (Å²) in [6.45, 7) is 0.980. The Balaban J connectivity index is 1.30. The molecule has 0 saturated heterocycles. The number of carbonyl (C=O) groups excluding carboxylic acids is 2. The van der Waals surface area contributed by atoms with Crippen LogP contribution in [0.4, 0.5) is 22.0 Å². The van der Waals surface area contributed by atoms with Gasteiger partial charge in [-0.3, -0.25) is 9.59 Å². The molecule has 3 aliphatic carbocycles.